The van der Waals surface area contributed by atoms with E-state index in [0.29, 0.717) is 18.1 Å². The van der Waals surface area contributed by atoms with Crippen LogP contribution in [0.3, 0.4) is 0 Å². The number of piperazine rings is 1. The summed E-state index contributed by atoms with van der Waals surface area (Å²) in [4.78, 5) is 17.3. The average molecular weight is 457 g/mol. The van der Waals surface area contributed by atoms with Gasteiger partial charge in [0.2, 0.25) is 5.89 Å². The van der Waals surface area contributed by atoms with Gasteiger partial charge in [-0.05, 0) is 70.1 Å². The van der Waals surface area contributed by atoms with E-state index < -0.39 is 0 Å². The van der Waals surface area contributed by atoms with Gasteiger partial charge >= 0.3 is 0 Å². The average Bonchev–Trinajstić information content (AvgIpc) is 3.61. The molecule has 4 fully saturated rings. The molecule has 0 amide bonds. The highest BCUT2D eigenvalue weighted by molar-refractivity contribution is 5.60. The summed E-state index contributed by atoms with van der Waals surface area (Å²) >= 11 is 0. The molecular formula is C25H40N6O2. The van der Waals surface area contributed by atoms with Gasteiger partial charge in [0.15, 0.2) is 5.82 Å². The molecule has 2 aliphatic carbocycles. The van der Waals surface area contributed by atoms with Gasteiger partial charge in [-0.2, -0.15) is 4.98 Å². The van der Waals surface area contributed by atoms with Crippen molar-refractivity contribution >= 4 is 6.34 Å². The molecular weight excluding hydrogens is 416 g/mol. The van der Waals surface area contributed by atoms with Crippen LogP contribution >= 0.6 is 0 Å². The molecule has 6 unspecified atom stereocenters. The molecule has 8 nitrogen and oxygen atoms in total. The lowest BCUT2D eigenvalue weighted by Gasteiger charge is -2.46. The van der Waals surface area contributed by atoms with E-state index in [9.17, 15) is 0 Å². The van der Waals surface area contributed by atoms with Crippen LogP contribution in [0.4, 0.5) is 0 Å². The minimum Gasteiger partial charge on any atom is -0.381 e. The Kier molecular flexibility index (Phi) is 6.41. The zero-order valence-electron chi connectivity index (χ0n) is 20.1. The van der Waals surface area contributed by atoms with Crippen LogP contribution in [0.1, 0.15) is 63.1 Å². The number of hydrogen-bond donors (Lipinski definition) is 0. The molecule has 0 aromatic carbocycles. The molecule has 8 heteroatoms. The number of ether oxygens (including phenoxy) is 1. The third kappa shape index (κ3) is 4.71. The molecule has 0 bridgehead atoms. The zero-order chi connectivity index (χ0) is 22.2. The van der Waals surface area contributed by atoms with Crippen molar-refractivity contribution in [1.82, 2.24) is 24.8 Å². The first-order chi connectivity index (χ1) is 16.2. The molecule has 4 heterocycles. The van der Waals surface area contributed by atoms with E-state index in [4.69, 9.17) is 14.3 Å². The number of nitrogens with zero attached hydrogens (tertiary/aromatic N) is 6. The summed E-state index contributed by atoms with van der Waals surface area (Å²) < 4.78 is 11.0. The van der Waals surface area contributed by atoms with E-state index in [1.807, 2.05) is 6.92 Å². The Balaban J connectivity index is 1.00. The van der Waals surface area contributed by atoms with Crippen LogP contribution in [0, 0.1) is 18.8 Å². The van der Waals surface area contributed by atoms with Gasteiger partial charge < -0.3 is 14.2 Å². The van der Waals surface area contributed by atoms with Gasteiger partial charge in [-0.15, -0.1) is 0 Å². The molecule has 5 aliphatic rings. The molecule has 1 aromatic heterocycles. The fourth-order valence-corrected chi connectivity index (χ4v) is 7.26. The Bertz CT molecular complexity index is 816. The Morgan fingerprint density at radius 2 is 1.85 bits per heavy atom. The number of aliphatic imine (C=N–C) groups is 1. The predicted octanol–water partition coefficient (Wildman–Crippen LogP) is 2.72. The zero-order valence-corrected chi connectivity index (χ0v) is 20.1. The summed E-state index contributed by atoms with van der Waals surface area (Å²) in [7, 11) is 0. The fraction of sp³-hybridized carbons (Fsp3) is 0.880. The normalized spacial score (nSPS) is 38.2. The van der Waals surface area contributed by atoms with Gasteiger partial charge in [-0.1, -0.05) is 5.16 Å². The van der Waals surface area contributed by atoms with Gasteiger partial charge in [0, 0.05) is 51.5 Å². The van der Waals surface area contributed by atoms with Crippen LogP contribution in [0.25, 0.3) is 0 Å². The summed E-state index contributed by atoms with van der Waals surface area (Å²) in [6.07, 6.45) is 12.8. The van der Waals surface area contributed by atoms with Crippen molar-refractivity contribution in [2.75, 3.05) is 39.4 Å². The molecule has 6 atom stereocenters. The fourth-order valence-electron chi connectivity index (χ4n) is 7.26. The van der Waals surface area contributed by atoms with E-state index in [2.05, 4.69) is 31.2 Å². The summed E-state index contributed by atoms with van der Waals surface area (Å²) in [5, 5.41) is 3.93. The van der Waals surface area contributed by atoms with Crippen LogP contribution in [-0.2, 0) is 11.3 Å². The largest absolute Gasteiger partial charge is 0.381 e. The molecule has 1 aromatic rings. The van der Waals surface area contributed by atoms with Crippen LogP contribution in [0.15, 0.2) is 9.52 Å². The molecule has 6 rings (SSSR count). The SMILES string of the molecule is Cc1noc(CN2CCN(C3CCCC(N4C=NC5CC(C6CCOC6)CCC54)C3)CC2)n1. The van der Waals surface area contributed by atoms with Crippen molar-refractivity contribution in [1.29, 1.82) is 0 Å². The smallest absolute Gasteiger partial charge is 0.240 e. The standard InChI is InChI=1S/C25H40N6O2/c1-18-27-25(33-28-18)15-29-8-10-30(11-9-29)21-3-2-4-22(14-21)31-17-26-23-13-19(5-6-24(23)31)20-7-12-32-16-20/h17,19-24H,2-16H2,1H3. The third-order valence-electron chi connectivity index (χ3n) is 9.12. The number of rotatable bonds is 5. The molecule has 2 saturated heterocycles. The van der Waals surface area contributed by atoms with Crippen molar-refractivity contribution < 1.29 is 9.26 Å². The van der Waals surface area contributed by atoms with Crippen molar-refractivity contribution in [3.63, 3.8) is 0 Å². The van der Waals surface area contributed by atoms with Gasteiger partial charge in [-0.3, -0.25) is 14.8 Å². The van der Waals surface area contributed by atoms with Crippen LogP contribution < -0.4 is 0 Å². The molecule has 3 aliphatic heterocycles. The lowest BCUT2D eigenvalue weighted by atomic mass is 9.75. The van der Waals surface area contributed by atoms with E-state index in [1.165, 1.54) is 51.4 Å². The van der Waals surface area contributed by atoms with Gasteiger partial charge in [0.05, 0.1) is 25.0 Å². The number of hydrogen-bond acceptors (Lipinski definition) is 8. The Labute approximate surface area is 197 Å². The van der Waals surface area contributed by atoms with Crippen LogP contribution in [0.2, 0.25) is 0 Å². The van der Waals surface area contributed by atoms with Crippen molar-refractivity contribution in [3.8, 4) is 0 Å². The number of aryl methyl sites for hydroxylation is 1. The lowest BCUT2D eigenvalue weighted by molar-refractivity contribution is 0.0455. The number of aromatic nitrogens is 2. The highest BCUT2D eigenvalue weighted by Gasteiger charge is 2.43. The minimum absolute atomic E-state index is 0.529. The molecule has 2 saturated carbocycles. The molecule has 0 spiro atoms. The second-order valence-electron chi connectivity index (χ2n) is 11.1. The Morgan fingerprint density at radius 1 is 0.970 bits per heavy atom. The maximum absolute atomic E-state index is 5.68. The monoisotopic (exact) mass is 456 g/mol. The first-order valence-electron chi connectivity index (χ1n) is 13.4. The summed E-state index contributed by atoms with van der Waals surface area (Å²) in [5.74, 6) is 3.09. The van der Waals surface area contributed by atoms with Gasteiger partial charge in [-0.25, -0.2) is 0 Å². The second kappa shape index (κ2) is 9.62. The summed E-state index contributed by atoms with van der Waals surface area (Å²) in [5.41, 5.74) is 0. The highest BCUT2D eigenvalue weighted by atomic mass is 16.5. The van der Waals surface area contributed by atoms with Crippen molar-refractivity contribution in [2.45, 2.75) is 89.0 Å². The molecule has 182 valence electrons. The van der Waals surface area contributed by atoms with Gasteiger partial charge in [0.25, 0.3) is 0 Å². The van der Waals surface area contributed by atoms with Crippen LogP contribution in [-0.4, -0.2) is 94.7 Å². The number of fused-ring (bicyclic) bond motifs is 1. The molecule has 33 heavy (non-hydrogen) atoms. The van der Waals surface area contributed by atoms with E-state index in [1.54, 1.807) is 0 Å². The first-order valence-corrected chi connectivity index (χ1v) is 13.4. The summed E-state index contributed by atoms with van der Waals surface area (Å²) in [6, 6.07) is 2.58. The lowest BCUT2D eigenvalue weighted by Crippen LogP contribution is -2.54. The van der Waals surface area contributed by atoms with Gasteiger partial charge in [0.1, 0.15) is 0 Å². The Morgan fingerprint density at radius 3 is 2.64 bits per heavy atom. The van der Waals surface area contributed by atoms with E-state index in [-0.39, 0.29) is 0 Å². The second-order valence-corrected chi connectivity index (χ2v) is 11.1. The topological polar surface area (TPSA) is 70.2 Å². The quantitative estimate of drug-likeness (QED) is 0.675. The van der Waals surface area contributed by atoms with Crippen molar-refractivity contribution in [3.05, 3.63) is 11.7 Å². The summed E-state index contributed by atoms with van der Waals surface area (Å²) in [6.45, 7) is 9.10. The van der Waals surface area contributed by atoms with E-state index in [0.717, 1.165) is 75.5 Å². The molecule has 0 radical (unpaired) electrons. The maximum atomic E-state index is 5.68. The highest BCUT2D eigenvalue weighted by Crippen LogP contribution is 2.41. The predicted molar refractivity (Wildman–Crippen MR) is 126 cm³/mol. The Hall–Kier alpha value is -1.51. The third-order valence-corrected chi connectivity index (χ3v) is 9.12. The maximum Gasteiger partial charge on any atom is 0.240 e. The minimum atomic E-state index is 0.529. The van der Waals surface area contributed by atoms with Crippen molar-refractivity contribution in [2.24, 2.45) is 16.8 Å². The van der Waals surface area contributed by atoms with E-state index >= 15 is 0 Å². The van der Waals surface area contributed by atoms with Crippen LogP contribution in [0.5, 0.6) is 0 Å². The first kappa shape index (κ1) is 22.0. The molecule has 0 N–H and O–H groups in total.